The number of amides is 2. The second-order valence-corrected chi connectivity index (χ2v) is 13.8. The Morgan fingerprint density at radius 1 is 0.891 bits per heavy atom. The van der Waals surface area contributed by atoms with Gasteiger partial charge in [0, 0.05) is 24.0 Å². The average molecular weight is 685 g/mol. The average Bonchev–Trinajstić information content (AvgIpc) is 3.04. The zero-order valence-corrected chi connectivity index (χ0v) is 28.1. The lowest BCUT2D eigenvalue weighted by molar-refractivity contribution is -0.140. The van der Waals surface area contributed by atoms with Gasteiger partial charge in [0.15, 0.2) is 0 Å². The van der Waals surface area contributed by atoms with Crippen LogP contribution in [0.4, 0.5) is 10.1 Å². The van der Waals surface area contributed by atoms with Gasteiger partial charge in [-0.3, -0.25) is 13.9 Å². The minimum absolute atomic E-state index is 0.00786. The van der Waals surface area contributed by atoms with E-state index in [1.807, 2.05) is 51.1 Å². The second-order valence-electron chi connectivity index (χ2n) is 11.1. The summed E-state index contributed by atoms with van der Waals surface area (Å²) in [7, 11) is -4.35. The number of sulfonamides is 1. The third-order valence-corrected chi connectivity index (χ3v) is 9.93. The van der Waals surface area contributed by atoms with E-state index in [-0.39, 0.29) is 39.6 Å². The summed E-state index contributed by atoms with van der Waals surface area (Å²) in [4.78, 5) is 29.7. The number of nitrogens with zero attached hydrogens (tertiary/aromatic N) is 2. The summed E-state index contributed by atoms with van der Waals surface area (Å²) in [6, 6.07) is 24.2. The molecule has 1 N–H and O–H groups in total. The number of nitrogens with one attached hydrogen (secondary N) is 1. The first kappa shape index (κ1) is 34.9. The fraction of sp³-hybridized carbons (Fsp3) is 0.257. The molecule has 2 atom stereocenters. The lowest BCUT2D eigenvalue weighted by atomic mass is 10.0. The third kappa shape index (κ3) is 8.87. The SMILES string of the molecule is CC[C@H](C)NC(=O)[C@H](Cc1ccccc1)N(Cc1ccc(F)cc1)C(=O)CN(c1cc(Cl)ccc1Cl)S(=O)(=O)c1ccc(C)cc1. The Bertz CT molecular complexity index is 1760. The van der Waals surface area contributed by atoms with Gasteiger partial charge in [-0.15, -0.1) is 0 Å². The highest BCUT2D eigenvalue weighted by Gasteiger charge is 2.35. The second kappa shape index (κ2) is 15.6. The van der Waals surface area contributed by atoms with Crippen LogP contribution in [0, 0.1) is 12.7 Å². The first-order valence-corrected chi connectivity index (χ1v) is 17.0. The first-order valence-electron chi connectivity index (χ1n) is 14.8. The molecule has 0 heterocycles. The van der Waals surface area contributed by atoms with Gasteiger partial charge in [-0.25, -0.2) is 12.8 Å². The van der Waals surface area contributed by atoms with Crippen LogP contribution < -0.4 is 9.62 Å². The van der Waals surface area contributed by atoms with Crippen LogP contribution in [-0.4, -0.2) is 43.8 Å². The van der Waals surface area contributed by atoms with Crippen molar-refractivity contribution in [1.82, 2.24) is 10.2 Å². The Morgan fingerprint density at radius 3 is 2.17 bits per heavy atom. The molecule has 4 aromatic carbocycles. The zero-order chi connectivity index (χ0) is 33.4. The molecule has 0 spiro atoms. The van der Waals surface area contributed by atoms with Crippen LogP contribution in [0.15, 0.2) is 102 Å². The highest BCUT2D eigenvalue weighted by molar-refractivity contribution is 7.92. The zero-order valence-electron chi connectivity index (χ0n) is 25.8. The van der Waals surface area contributed by atoms with E-state index < -0.39 is 40.2 Å². The smallest absolute Gasteiger partial charge is 0.264 e. The number of carbonyl (C=O) groups excluding carboxylic acids is 2. The van der Waals surface area contributed by atoms with Crippen molar-refractivity contribution < 1.29 is 22.4 Å². The number of halogens is 3. The van der Waals surface area contributed by atoms with Crippen molar-refractivity contribution in [3.63, 3.8) is 0 Å². The summed E-state index contributed by atoms with van der Waals surface area (Å²) in [6.45, 7) is 4.84. The maximum atomic E-state index is 14.5. The van der Waals surface area contributed by atoms with Gasteiger partial charge in [-0.05, 0) is 73.9 Å². The topological polar surface area (TPSA) is 86.8 Å². The van der Waals surface area contributed by atoms with Crippen molar-refractivity contribution >= 4 is 50.7 Å². The van der Waals surface area contributed by atoms with E-state index in [0.29, 0.717) is 12.0 Å². The van der Waals surface area contributed by atoms with Gasteiger partial charge in [0.25, 0.3) is 10.0 Å². The monoisotopic (exact) mass is 683 g/mol. The lowest BCUT2D eigenvalue weighted by Gasteiger charge is -2.34. The summed E-state index contributed by atoms with van der Waals surface area (Å²) in [5.74, 6) is -1.53. The minimum atomic E-state index is -4.35. The number of hydrogen-bond donors (Lipinski definition) is 1. The molecule has 0 radical (unpaired) electrons. The fourth-order valence-electron chi connectivity index (χ4n) is 4.81. The molecule has 11 heteroatoms. The van der Waals surface area contributed by atoms with Gasteiger partial charge >= 0.3 is 0 Å². The van der Waals surface area contributed by atoms with Crippen LogP contribution in [0.1, 0.15) is 37.0 Å². The van der Waals surface area contributed by atoms with Crippen LogP contribution in [0.3, 0.4) is 0 Å². The molecule has 0 fully saturated rings. The van der Waals surface area contributed by atoms with Crippen molar-refractivity contribution in [2.24, 2.45) is 0 Å². The molecule has 0 bridgehead atoms. The predicted octanol–water partition coefficient (Wildman–Crippen LogP) is 7.19. The minimum Gasteiger partial charge on any atom is -0.352 e. The molecule has 0 unspecified atom stereocenters. The quantitative estimate of drug-likeness (QED) is 0.162. The first-order chi connectivity index (χ1) is 21.9. The van der Waals surface area contributed by atoms with E-state index in [1.54, 1.807) is 12.1 Å². The Labute approximate surface area is 280 Å². The number of benzene rings is 4. The maximum Gasteiger partial charge on any atom is 0.264 e. The number of hydrogen-bond acceptors (Lipinski definition) is 4. The summed E-state index contributed by atoms with van der Waals surface area (Å²) in [5.41, 5.74) is 2.21. The predicted molar refractivity (Wildman–Crippen MR) is 181 cm³/mol. The van der Waals surface area contributed by atoms with Gasteiger partial charge in [0.05, 0.1) is 15.6 Å². The van der Waals surface area contributed by atoms with Crippen molar-refractivity contribution in [1.29, 1.82) is 0 Å². The number of anilines is 1. The fourth-order valence-corrected chi connectivity index (χ4v) is 6.67. The van der Waals surface area contributed by atoms with E-state index in [0.717, 1.165) is 15.4 Å². The molecule has 0 aromatic heterocycles. The van der Waals surface area contributed by atoms with E-state index in [1.165, 1.54) is 59.5 Å². The molecule has 2 amide bonds. The number of carbonyl (C=O) groups is 2. The van der Waals surface area contributed by atoms with Gasteiger partial charge < -0.3 is 10.2 Å². The molecular formula is C35H36Cl2FN3O4S. The highest BCUT2D eigenvalue weighted by atomic mass is 35.5. The van der Waals surface area contributed by atoms with Crippen molar-refractivity contribution in [2.45, 2.75) is 57.1 Å². The van der Waals surface area contributed by atoms with Gasteiger partial charge in [0.1, 0.15) is 18.4 Å². The summed E-state index contributed by atoms with van der Waals surface area (Å²) in [6.07, 6.45) is 0.810. The van der Waals surface area contributed by atoms with Crippen molar-refractivity contribution in [3.8, 4) is 0 Å². The van der Waals surface area contributed by atoms with E-state index >= 15 is 0 Å². The molecule has 0 aliphatic heterocycles. The van der Waals surface area contributed by atoms with Crippen LogP contribution in [0.2, 0.25) is 10.0 Å². The molecule has 0 aliphatic rings. The molecule has 0 aliphatic carbocycles. The molecule has 4 aromatic rings. The molecule has 46 heavy (non-hydrogen) atoms. The summed E-state index contributed by atoms with van der Waals surface area (Å²) in [5, 5.41) is 3.26. The number of aryl methyl sites for hydroxylation is 1. The molecule has 242 valence electrons. The standard InChI is InChI=1S/C35H36Cl2FN3O4S/c1-4-25(3)39-35(43)33(20-26-8-6-5-7-9-26)40(22-27-12-15-29(38)16-13-27)34(42)23-41(32-21-28(36)14-19-31(32)37)46(44,45)30-17-10-24(2)11-18-30/h5-19,21,25,33H,4,20,22-23H2,1-3H3,(H,39,43)/t25-,33-/m0/s1. The third-order valence-electron chi connectivity index (χ3n) is 7.60. The van der Waals surface area contributed by atoms with Crippen molar-refractivity contribution in [2.75, 3.05) is 10.8 Å². The van der Waals surface area contributed by atoms with Crippen molar-refractivity contribution in [3.05, 3.63) is 130 Å². The summed E-state index contributed by atoms with van der Waals surface area (Å²) >= 11 is 12.8. The van der Waals surface area contributed by atoms with E-state index in [4.69, 9.17) is 23.2 Å². The van der Waals surface area contributed by atoms with Gasteiger partial charge in [-0.2, -0.15) is 0 Å². The number of rotatable bonds is 13. The highest BCUT2D eigenvalue weighted by Crippen LogP contribution is 2.33. The molecule has 4 rings (SSSR count). The van der Waals surface area contributed by atoms with Gasteiger partial charge in [0.2, 0.25) is 11.8 Å². The lowest BCUT2D eigenvalue weighted by Crippen LogP contribution is -2.54. The van der Waals surface area contributed by atoms with Gasteiger partial charge in [-0.1, -0.05) is 90.3 Å². The normalized spacial score (nSPS) is 12.7. The largest absolute Gasteiger partial charge is 0.352 e. The molecular weight excluding hydrogens is 648 g/mol. The van der Waals surface area contributed by atoms with Crippen LogP contribution in [0.25, 0.3) is 0 Å². The Morgan fingerprint density at radius 2 is 1.54 bits per heavy atom. The Balaban J connectivity index is 1.83. The van der Waals surface area contributed by atoms with Crippen LogP contribution in [-0.2, 0) is 32.6 Å². The van der Waals surface area contributed by atoms with Crippen LogP contribution in [0.5, 0.6) is 0 Å². The molecule has 0 saturated heterocycles. The molecule has 0 saturated carbocycles. The maximum absolute atomic E-state index is 14.5. The Kier molecular flexibility index (Phi) is 11.8. The van der Waals surface area contributed by atoms with E-state index in [9.17, 15) is 22.4 Å². The summed E-state index contributed by atoms with van der Waals surface area (Å²) < 4.78 is 43.1. The van der Waals surface area contributed by atoms with E-state index in [2.05, 4.69) is 5.32 Å². The molecule has 7 nitrogen and oxygen atoms in total. The Hall–Kier alpha value is -3.92. The van der Waals surface area contributed by atoms with Crippen LogP contribution >= 0.6 is 23.2 Å².